The van der Waals surface area contributed by atoms with Crippen molar-refractivity contribution in [2.45, 2.75) is 11.1 Å². The molecule has 0 unspecified atom stereocenters. The van der Waals surface area contributed by atoms with Crippen LogP contribution in [0.2, 0.25) is 5.02 Å². The molecule has 0 saturated carbocycles. The average Bonchev–Trinajstić information content (AvgIpc) is 2.63. The van der Waals surface area contributed by atoms with Crippen molar-refractivity contribution in [3.8, 4) is 0 Å². The molecule has 9 heteroatoms. The summed E-state index contributed by atoms with van der Waals surface area (Å²) in [6.45, 7) is 1.53. The minimum atomic E-state index is -3.78. The predicted molar refractivity (Wildman–Crippen MR) is 79.6 cm³/mol. The molecule has 5 nitrogen and oxygen atoms in total. The highest BCUT2D eigenvalue weighted by Gasteiger charge is 2.20. The standard InChI is InChI=1S/C10H8BrClN2O3S2/c1-5-9(18-10(15)13-5)19(16,17)14-6-2-3-8(12)7(11)4-6/h2-4,14H,1H3,(H,13,15). The van der Waals surface area contributed by atoms with Gasteiger partial charge in [0.25, 0.3) is 10.0 Å². The maximum absolute atomic E-state index is 12.1. The second-order valence-corrected chi connectivity index (χ2v) is 7.78. The van der Waals surface area contributed by atoms with Gasteiger partial charge in [-0.05, 0) is 41.1 Å². The van der Waals surface area contributed by atoms with Crippen LogP contribution in [0.1, 0.15) is 5.69 Å². The van der Waals surface area contributed by atoms with Gasteiger partial charge < -0.3 is 4.98 Å². The van der Waals surface area contributed by atoms with Crippen molar-refractivity contribution in [2.24, 2.45) is 0 Å². The Morgan fingerprint density at radius 3 is 2.63 bits per heavy atom. The predicted octanol–water partition coefficient (Wildman–Crippen LogP) is 2.96. The Kier molecular flexibility index (Phi) is 4.05. The van der Waals surface area contributed by atoms with Crippen LogP contribution in [0.15, 0.2) is 31.7 Å². The Labute approximate surface area is 126 Å². The number of anilines is 1. The van der Waals surface area contributed by atoms with E-state index in [-0.39, 0.29) is 4.21 Å². The molecule has 1 aromatic heterocycles. The van der Waals surface area contributed by atoms with Crippen molar-refractivity contribution in [3.63, 3.8) is 0 Å². The molecule has 1 aromatic carbocycles. The normalized spacial score (nSPS) is 11.5. The number of sulfonamides is 1. The average molecular weight is 384 g/mol. The fourth-order valence-electron chi connectivity index (χ4n) is 1.41. The third kappa shape index (κ3) is 3.19. The van der Waals surface area contributed by atoms with Crippen molar-refractivity contribution in [1.82, 2.24) is 4.98 Å². The zero-order chi connectivity index (χ0) is 14.2. The molecule has 1 heterocycles. The molecule has 0 spiro atoms. The zero-order valence-corrected chi connectivity index (χ0v) is 13.5. The number of hydrogen-bond acceptors (Lipinski definition) is 4. The van der Waals surface area contributed by atoms with Gasteiger partial charge in [-0.2, -0.15) is 0 Å². The number of aromatic amines is 1. The van der Waals surface area contributed by atoms with Crippen LogP contribution in [-0.2, 0) is 10.0 Å². The first-order valence-electron chi connectivity index (χ1n) is 4.97. The van der Waals surface area contributed by atoms with Crippen LogP contribution in [0, 0.1) is 6.92 Å². The van der Waals surface area contributed by atoms with Crippen LogP contribution in [0.3, 0.4) is 0 Å². The maximum atomic E-state index is 12.1. The van der Waals surface area contributed by atoms with E-state index in [0.717, 1.165) is 0 Å². The lowest BCUT2D eigenvalue weighted by molar-refractivity contribution is 0.602. The molecule has 0 aliphatic heterocycles. The van der Waals surface area contributed by atoms with Gasteiger partial charge in [0, 0.05) is 10.2 Å². The molecule has 0 amide bonds. The van der Waals surface area contributed by atoms with E-state index in [2.05, 4.69) is 25.6 Å². The van der Waals surface area contributed by atoms with Crippen molar-refractivity contribution >= 4 is 54.6 Å². The molecule has 0 radical (unpaired) electrons. The van der Waals surface area contributed by atoms with Gasteiger partial charge >= 0.3 is 4.87 Å². The highest BCUT2D eigenvalue weighted by Crippen LogP contribution is 2.27. The highest BCUT2D eigenvalue weighted by atomic mass is 79.9. The molecule has 0 aliphatic rings. The highest BCUT2D eigenvalue weighted by molar-refractivity contribution is 9.10. The van der Waals surface area contributed by atoms with E-state index in [4.69, 9.17) is 11.6 Å². The van der Waals surface area contributed by atoms with Crippen molar-refractivity contribution < 1.29 is 8.42 Å². The van der Waals surface area contributed by atoms with E-state index < -0.39 is 14.9 Å². The third-order valence-corrected chi connectivity index (χ3v) is 6.40. The van der Waals surface area contributed by atoms with Gasteiger partial charge in [-0.1, -0.05) is 22.9 Å². The van der Waals surface area contributed by atoms with Crippen LogP contribution in [0.4, 0.5) is 5.69 Å². The number of aryl methyl sites for hydroxylation is 1. The molecular weight excluding hydrogens is 376 g/mol. The number of rotatable bonds is 3. The number of aromatic nitrogens is 1. The van der Waals surface area contributed by atoms with Gasteiger partial charge in [0.05, 0.1) is 10.7 Å². The molecule has 0 fully saturated rings. The largest absolute Gasteiger partial charge is 0.315 e. The van der Waals surface area contributed by atoms with Crippen LogP contribution in [0.25, 0.3) is 0 Å². The molecular formula is C10H8BrClN2O3S2. The molecule has 2 N–H and O–H groups in total. The molecule has 0 aliphatic carbocycles. The Balaban J connectivity index is 2.39. The lowest BCUT2D eigenvalue weighted by Gasteiger charge is -2.07. The Morgan fingerprint density at radius 2 is 2.11 bits per heavy atom. The van der Waals surface area contributed by atoms with E-state index in [9.17, 15) is 13.2 Å². The lowest BCUT2D eigenvalue weighted by atomic mass is 10.3. The van der Waals surface area contributed by atoms with E-state index in [1.807, 2.05) is 0 Å². The fourth-order valence-corrected chi connectivity index (χ4v) is 4.26. The summed E-state index contributed by atoms with van der Waals surface area (Å²) in [6.07, 6.45) is 0. The van der Waals surface area contributed by atoms with Gasteiger partial charge in [0.15, 0.2) is 4.21 Å². The lowest BCUT2D eigenvalue weighted by Crippen LogP contribution is -2.12. The van der Waals surface area contributed by atoms with E-state index >= 15 is 0 Å². The van der Waals surface area contributed by atoms with Crippen LogP contribution < -0.4 is 9.60 Å². The van der Waals surface area contributed by atoms with Crippen LogP contribution in [-0.4, -0.2) is 13.4 Å². The minimum absolute atomic E-state index is 0.0245. The summed E-state index contributed by atoms with van der Waals surface area (Å²) in [5, 5.41) is 0.477. The zero-order valence-electron chi connectivity index (χ0n) is 9.53. The second kappa shape index (κ2) is 5.28. The molecule has 2 rings (SSSR count). The van der Waals surface area contributed by atoms with Gasteiger partial charge in [0.1, 0.15) is 0 Å². The minimum Gasteiger partial charge on any atom is -0.315 e. The molecule has 19 heavy (non-hydrogen) atoms. The molecule has 0 bridgehead atoms. The van der Waals surface area contributed by atoms with Gasteiger partial charge in [-0.25, -0.2) is 8.42 Å². The number of benzene rings is 1. The number of thiazole rings is 1. The number of H-pyrrole nitrogens is 1. The SMILES string of the molecule is Cc1[nH]c(=O)sc1S(=O)(=O)Nc1ccc(Cl)c(Br)c1. The van der Waals surface area contributed by atoms with E-state index in [1.54, 1.807) is 12.1 Å². The van der Waals surface area contributed by atoms with E-state index in [1.165, 1.54) is 13.0 Å². The van der Waals surface area contributed by atoms with Gasteiger partial charge in [0.2, 0.25) is 0 Å². The topological polar surface area (TPSA) is 79.0 Å². The summed E-state index contributed by atoms with van der Waals surface area (Å²) in [4.78, 5) is 13.2. The Morgan fingerprint density at radius 1 is 1.42 bits per heavy atom. The molecule has 2 aromatic rings. The second-order valence-electron chi connectivity index (χ2n) is 3.66. The van der Waals surface area contributed by atoms with Crippen molar-refractivity contribution in [3.05, 3.63) is 43.1 Å². The van der Waals surface area contributed by atoms with Crippen molar-refractivity contribution in [1.29, 1.82) is 0 Å². The summed E-state index contributed by atoms with van der Waals surface area (Å²) in [5.74, 6) is 0. The number of halogens is 2. The third-order valence-electron chi connectivity index (χ3n) is 2.20. The van der Waals surface area contributed by atoms with Crippen LogP contribution in [0.5, 0.6) is 0 Å². The molecule has 102 valence electrons. The maximum Gasteiger partial charge on any atom is 0.306 e. The number of nitrogens with one attached hydrogen (secondary N) is 2. The first kappa shape index (κ1) is 14.6. The van der Waals surface area contributed by atoms with Gasteiger partial charge in [-0.3, -0.25) is 9.52 Å². The monoisotopic (exact) mass is 382 g/mol. The summed E-state index contributed by atoms with van der Waals surface area (Å²) < 4.78 is 27.2. The number of hydrogen-bond donors (Lipinski definition) is 2. The summed E-state index contributed by atoms with van der Waals surface area (Å²) in [5.41, 5.74) is 0.673. The van der Waals surface area contributed by atoms with Crippen molar-refractivity contribution in [2.75, 3.05) is 4.72 Å². The Hall–Kier alpha value is -0.830. The van der Waals surface area contributed by atoms with Crippen LogP contribution >= 0.6 is 38.9 Å². The first-order valence-corrected chi connectivity index (χ1v) is 8.44. The quantitative estimate of drug-likeness (QED) is 0.855. The summed E-state index contributed by atoms with van der Waals surface area (Å²) in [6, 6.07) is 4.65. The fraction of sp³-hybridized carbons (Fsp3) is 0.100. The van der Waals surface area contributed by atoms with Gasteiger partial charge in [-0.15, -0.1) is 0 Å². The first-order chi connectivity index (χ1) is 8.79. The summed E-state index contributed by atoms with van der Waals surface area (Å²) >= 11 is 9.69. The smallest absolute Gasteiger partial charge is 0.306 e. The Bertz CT molecular complexity index is 782. The molecule has 0 atom stereocenters. The van der Waals surface area contributed by atoms with E-state index in [0.29, 0.717) is 32.2 Å². The molecule has 0 saturated heterocycles. The summed E-state index contributed by atoms with van der Waals surface area (Å²) in [7, 11) is -3.78.